The zero-order valence-corrected chi connectivity index (χ0v) is 17.9. The van der Waals surface area contributed by atoms with Gasteiger partial charge >= 0.3 is 0 Å². The maximum absolute atomic E-state index is 13.4. The summed E-state index contributed by atoms with van der Waals surface area (Å²) in [5.41, 5.74) is 0.238. The monoisotopic (exact) mass is 443 g/mol. The molecule has 1 aromatic carbocycles. The highest BCUT2D eigenvalue weighted by Crippen LogP contribution is 2.32. The van der Waals surface area contributed by atoms with Crippen LogP contribution in [0.5, 0.6) is 17.4 Å². The number of aromatic nitrogens is 1. The number of aliphatic hydroxyl groups excluding tert-OH is 2. The molecule has 172 valence electrons. The number of benzene rings is 1. The molecule has 32 heavy (non-hydrogen) atoms. The number of carbonyl (C=O) groups excluding carboxylic acids is 2. The molecule has 0 bridgehead atoms. The fourth-order valence-electron chi connectivity index (χ4n) is 3.28. The van der Waals surface area contributed by atoms with E-state index in [-0.39, 0.29) is 30.4 Å². The highest BCUT2D eigenvalue weighted by atomic mass is 16.5. The number of fused-ring (bicyclic) bond motifs is 2. The topological polar surface area (TPSA) is 121 Å². The van der Waals surface area contributed by atoms with E-state index in [9.17, 15) is 14.7 Å². The van der Waals surface area contributed by atoms with Crippen LogP contribution in [-0.4, -0.2) is 70.9 Å². The summed E-state index contributed by atoms with van der Waals surface area (Å²) >= 11 is 0. The molecule has 9 nitrogen and oxygen atoms in total. The molecule has 1 unspecified atom stereocenters. The first kappa shape index (κ1) is 23.5. The van der Waals surface area contributed by atoms with Crippen LogP contribution in [0.25, 0.3) is 0 Å². The number of hydrogen-bond acceptors (Lipinski definition) is 7. The van der Waals surface area contributed by atoms with Gasteiger partial charge in [0.1, 0.15) is 5.56 Å². The van der Waals surface area contributed by atoms with Crippen LogP contribution in [0, 0.1) is 0 Å². The summed E-state index contributed by atoms with van der Waals surface area (Å²) in [6.45, 7) is 0.221. The smallest absolute Gasteiger partial charge is 0.259 e. The lowest BCUT2D eigenvalue weighted by atomic mass is 10.1. The van der Waals surface area contributed by atoms with Crippen molar-refractivity contribution in [2.45, 2.75) is 31.8 Å². The van der Waals surface area contributed by atoms with Crippen molar-refractivity contribution in [2.75, 3.05) is 32.8 Å². The third-order valence-corrected chi connectivity index (χ3v) is 5.00. The van der Waals surface area contributed by atoms with Crippen molar-refractivity contribution in [3.05, 3.63) is 48.2 Å². The van der Waals surface area contributed by atoms with Crippen molar-refractivity contribution in [1.29, 1.82) is 0 Å². The second kappa shape index (κ2) is 12.0. The Morgan fingerprint density at radius 1 is 1.12 bits per heavy atom. The van der Waals surface area contributed by atoms with E-state index in [0.29, 0.717) is 24.7 Å². The second-order valence-electron chi connectivity index (χ2n) is 7.53. The number of para-hydroxylation sites is 2. The molecule has 0 saturated heterocycles. The van der Waals surface area contributed by atoms with E-state index in [4.69, 9.17) is 14.6 Å². The summed E-state index contributed by atoms with van der Waals surface area (Å²) in [6.07, 6.45) is 3.89. The minimum absolute atomic E-state index is 0.0879. The average Bonchev–Trinajstić information content (AvgIpc) is 2.81. The van der Waals surface area contributed by atoms with Gasteiger partial charge in [-0.15, -0.1) is 0 Å². The normalized spacial score (nSPS) is 15.9. The molecule has 0 fully saturated rings. The predicted molar refractivity (Wildman–Crippen MR) is 117 cm³/mol. The van der Waals surface area contributed by atoms with Gasteiger partial charge in [-0.25, -0.2) is 4.98 Å². The summed E-state index contributed by atoms with van der Waals surface area (Å²) in [7, 11) is 0. The fourth-order valence-corrected chi connectivity index (χ4v) is 3.28. The molecule has 3 N–H and O–H groups in total. The molecule has 1 aliphatic heterocycles. The van der Waals surface area contributed by atoms with E-state index in [1.54, 1.807) is 18.2 Å². The number of nitrogens with zero attached hydrogens (tertiary/aromatic N) is 2. The Labute approximate surface area is 187 Å². The number of pyridine rings is 1. The maximum atomic E-state index is 13.4. The summed E-state index contributed by atoms with van der Waals surface area (Å²) in [4.78, 5) is 31.4. The Bertz CT molecular complexity index is 907. The lowest BCUT2D eigenvalue weighted by molar-refractivity contribution is -0.122. The third kappa shape index (κ3) is 6.66. The predicted octanol–water partition coefficient (Wildman–Crippen LogP) is 1.74. The average molecular weight is 444 g/mol. The number of ether oxygens (including phenoxy) is 2. The van der Waals surface area contributed by atoms with Crippen molar-refractivity contribution in [2.24, 2.45) is 0 Å². The Morgan fingerprint density at radius 3 is 2.72 bits per heavy atom. The van der Waals surface area contributed by atoms with E-state index >= 15 is 0 Å². The molecule has 0 saturated carbocycles. The van der Waals surface area contributed by atoms with Gasteiger partial charge in [0.2, 0.25) is 11.8 Å². The first-order valence-corrected chi connectivity index (χ1v) is 10.8. The molecule has 0 radical (unpaired) electrons. The van der Waals surface area contributed by atoms with Crippen LogP contribution in [-0.2, 0) is 4.79 Å². The Kier molecular flexibility index (Phi) is 8.82. The molecule has 2 heterocycles. The molecule has 2 aromatic rings. The van der Waals surface area contributed by atoms with Crippen molar-refractivity contribution in [1.82, 2.24) is 15.2 Å². The van der Waals surface area contributed by atoms with Gasteiger partial charge in [-0.1, -0.05) is 25.0 Å². The quantitative estimate of drug-likeness (QED) is 0.644. The van der Waals surface area contributed by atoms with Crippen LogP contribution in [0.2, 0.25) is 0 Å². The zero-order chi connectivity index (χ0) is 22.8. The number of rotatable bonds is 5. The Balaban J connectivity index is 1.84. The van der Waals surface area contributed by atoms with Gasteiger partial charge in [0.25, 0.3) is 5.91 Å². The Morgan fingerprint density at radius 2 is 1.91 bits per heavy atom. The van der Waals surface area contributed by atoms with Gasteiger partial charge in [-0.05, 0) is 37.1 Å². The molecule has 2 amide bonds. The number of hydrogen-bond donors (Lipinski definition) is 3. The van der Waals surface area contributed by atoms with Gasteiger partial charge < -0.3 is 29.9 Å². The minimum Gasteiger partial charge on any atom is -0.490 e. The lowest BCUT2D eigenvalue weighted by Gasteiger charge is -2.24. The van der Waals surface area contributed by atoms with Crippen molar-refractivity contribution >= 4 is 11.8 Å². The SMILES string of the molecule is O=C(CN1CCCCCCOc2ccccc2Oc2ncccc2C1=O)NCC(O)CO. The minimum atomic E-state index is -1.05. The molecule has 0 spiro atoms. The number of aliphatic hydroxyl groups is 2. The van der Waals surface area contributed by atoms with Crippen molar-refractivity contribution < 1.29 is 29.3 Å². The first-order valence-electron chi connectivity index (χ1n) is 10.8. The van der Waals surface area contributed by atoms with Crippen LogP contribution in [0.3, 0.4) is 0 Å². The summed E-state index contributed by atoms with van der Waals surface area (Å²) in [6, 6.07) is 10.5. The van der Waals surface area contributed by atoms with Gasteiger partial charge in [-0.2, -0.15) is 0 Å². The van der Waals surface area contributed by atoms with Gasteiger partial charge in [0.05, 0.1) is 25.9 Å². The van der Waals surface area contributed by atoms with E-state index < -0.39 is 18.6 Å². The molecular formula is C23H29N3O6. The molecule has 3 rings (SSSR count). The standard InChI is InChI=1S/C23H29N3O6/c27-16-17(28)14-25-21(29)15-26-12-5-1-2-6-13-31-19-9-3-4-10-20(19)32-22-18(23(26)30)8-7-11-24-22/h3-4,7-11,17,27-28H,1-2,5-6,12-16H2,(H,25,29). The van der Waals surface area contributed by atoms with E-state index in [2.05, 4.69) is 10.3 Å². The summed E-state index contributed by atoms with van der Waals surface area (Å²) < 4.78 is 11.8. The van der Waals surface area contributed by atoms with Crippen LogP contribution >= 0.6 is 0 Å². The highest BCUT2D eigenvalue weighted by Gasteiger charge is 2.24. The van der Waals surface area contributed by atoms with Gasteiger partial charge in [0, 0.05) is 19.3 Å². The van der Waals surface area contributed by atoms with Crippen LogP contribution in [0.4, 0.5) is 0 Å². The summed E-state index contributed by atoms with van der Waals surface area (Å²) in [5, 5.41) is 20.9. The first-order chi connectivity index (χ1) is 15.6. The van der Waals surface area contributed by atoms with E-state index in [1.807, 2.05) is 18.2 Å². The molecule has 1 atom stereocenters. The van der Waals surface area contributed by atoms with Crippen molar-refractivity contribution in [3.63, 3.8) is 0 Å². The molecular weight excluding hydrogens is 414 g/mol. The summed E-state index contributed by atoms with van der Waals surface area (Å²) in [5.74, 6) is 0.372. The number of amides is 2. The Hall–Kier alpha value is -3.17. The third-order valence-electron chi connectivity index (χ3n) is 5.00. The molecule has 1 aromatic heterocycles. The number of carbonyl (C=O) groups is 2. The fraction of sp³-hybridized carbons (Fsp3) is 0.435. The van der Waals surface area contributed by atoms with E-state index in [1.165, 1.54) is 11.1 Å². The highest BCUT2D eigenvalue weighted by molar-refractivity contribution is 5.98. The maximum Gasteiger partial charge on any atom is 0.259 e. The van der Waals surface area contributed by atoms with Crippen LogP contribution < -0.4 is 14.8 Å². The van der Waals surface area contributed by atoms with E-state index in [0.717, 1.165) is 25.7 Å². The number of nitrogens with one attached hydrogen (secondary N) is 1. The zero-order valence-electron chi connectivity index (χ0n) is 17.9. The van der Waals surface area contributed by atoms with Gasteiger partial charge in [0.15, 0.2) is 11.5 Å². The van der Waals surface area contributed by atoms with Crippen LogP contribution in [0.15, 0.2) is 42.6 Å². The van der Waals surface area contributed by atoms with Crippen LogP contribution in [0.1, 0.15) is 36.0 Å². The van der Waals surface area contributed by atoms with Gasteiger partial charge in [-0.3, -0.25) is 9.59 Å². The van der Waals surface area contributed by atoms with Crippen molar-refractivity contribution in [3.8, 4) is 17.4 Å². The lowest BCUT2D eigenvalue weighted by Crippen LogP contribution is -2.43. The largest absolute Gasteiger partial charge is 0.490 e. The second-order valence-corrected chi connectivity index (χ2v) is 7.53. The molecule has 9 heteroatoms. The molecule has 1 aliphatic rings. The molecule has 0 aliphatic carbocycles.